The zero-order chi connectivity index (χ0) is 20.8. The van der Waals surface area contributed by atoms with Crippen molar-refractivity contribution in [2.45, 2.75) is 38.1 Å². The van der Waals surface area contributed by atoms with E-state index in [1.165, 1.54) is 6.20 Å². The number of hydrogen-bond acceptors (Lipinski definition) is 4. The van der Waals surface area contributed by atoms with Crippen LogP contribution in [0.3, 0.4) is 0 Å². The lowest BCUT2D eigenvalue weighted by molar-refractivity contribution is -0.142. The number of Topliss-reactive ketones (excluding diaryl/α,β-unsaturated/α-hetero) is 2. The maximum absolute atomic E-state index is 12.7. The molecule has 1 N–H and O–H groups in total. The Kier molecular flexibility index (Phi) is 6.60. The molecule has 1 aliphatic rings. The predicted molar refractivity (Wildman–Crippen MR) is 110 cm³/mol. The molecule has 0 unspecified atom stereocenters. The number of carbonyl (C=O) groups is 3. The minimum atomic E-state index is -0.981. The second-order valence-corrected chi connectivity index (χ2v) is 7.28. The standard InChI is InChI=1S/C24H25NO4/c1-2-25(21(24(28)29)13-17-9-5-3-6-10-17)16-20-22(26)14-19(15-23(20)27)18-11-7-4-8-12-18/h3-12,16,19,21H,2,13-15H2,1H3,(H,28,29)/t19?,21-/m0/s1. The van der Waals surface area contributed by atoms with Crippen molar-refractivity contribution in [2.75, 3.05) is 6.54 Å². The molecule has 150 valence electrons. The van der Waals surface area contributed by atoms with Crippen LogP contribution in [0, 0.1) is 0 Å². The van der Waals surface area contributed by atoms with Gasteiger partial charge in [-0.3, -0.25) is 9.59 Å². The number of ketones is 2. The molecule has 0 aromatic heterocycles. The molecule has 0 heterocycles. The summed E-state index contributed by atoms with van der Waals surface area (Å²) in [5.41, 5.74) is 1.98. The molecular formula is C24H25NO4. The highest BCUT2D eigenvalue weighted by Crippen LogP contribution is 2.31. The van der Waals surface area contributed by atoms with Crippen LogP contribution < -0.4 is 0 Å². The van der Waals surface area contributed by atoms with Crippen LogP contribution in [-0.2, 0) is 20.8 Å². The molecule has 0 bridgehead atoms. The number of allylic oxidation sites excluding steroid dienone is 1. The molecule has 0 saturated heterocycles. The Labute approximate surface area is 170 Å². The van der Waals surface area contributed by atoms with Gasteiger partial charge in [0.05, 0.1) is 5.57 Å². The largest absolute Gasteiger partial charge is 0.480 e. The molecule has 1 fully saturated rings. The van der Waals surface area contributed by atoms with Crippen LogP contribution in [-0.4, -0.2) is 40.1 Å². The third-order valence-corrected chi connectivity index (χ3v) is 5.35. The zero-order valence-electron chi connectivity index (χ0n) is 16.5. The fourth-order valence-electron chi connectivity index (χ4n) is 3.75. The van der Waals surface area contributed by atoms with E-state index in [-0.39, 0.29) is 35.9 Å². The van der Waals surface area contributed by atoms with Crippen LogP contribution in [0.2, 0.25) is 0 Å². The van der Waals surface area contributed by atoms with E-state index in [1.54, 1.807) is 4.90 Å². The molecule has 1 atom stereocenters. The number of likely N-dealkylation sites (N-methyl/N-ethyl adjacent to an activating group) is 1. The Balaban J connectivity index is 1.81. The first-order valence-electron chi connectivity index (χ1n) is 9.85. The van der Waals surface area contributed by atoms with E-state index in [1.807, 2.05) is 67.6 Å². The summed E-state index contributed by atoms with van der Waals surface area (Å²) in [6, 6.07) is 18.1. The maximum Gasteiger partial charge on any atom is 0.326 e. The van der Waals surface area contributed by atoms with Crippen molar-refractivity contribution in [2.24, 2.45) is 0 Å². The van der Waals surface area contributed by atoms with Gasteiger partial charge in [-0.15, -0.1) is 0 Å². The number of carboxylic acids is 1. The first-order valence-corrected chi connectivity index (χ1v) is 9.85. The fraction of sp³-hybridized carbons (Fsp3) is 0.292. The molecule has 0 spiro atoms. The molecule has 5 heteroatoms. The van der Waals surface area contributed by atoms with Gasteiger partial charge in [-0.2, -0.15) is 0 Å². The lowest BCUT2D eigenvalue weighted by atomic mass is 9.80. The van der Waals surface area contributed by atoms with Crippen molar-refractivity contribution in [3.05, 3.63) is 83.6 Å². The van der Waals surface area contributed by atoms with Crippen LogP contribution >= 0.6 is 0 Å². The molecular weight excluding hydrogens is 366 g/mol. The number of aliphatic carboxylic acids is 1. The van der Waals surface area contributed by atoms with Crippen LogP contribution in [0.15, 0.2) is 72.4 Å². The average molecular weight is 391 g/mol. The molecule has 5 nitrogen and oxygen atoms in total. The zero-order valence-corrected chi connectivity index (χ0v) is 16.5. The summed E-state index contributed by atoms with van der Waals surface area (Å²) in [6.45, 7) is 2.21. The number of carbonyl (C=O) groups excluding carboxylic acids is 2. The molecule has 0 aliphatic heterocycles. The van der Waals surface area contributed by atoms with E-state index in [0.717, 1.165) is 11.1 Å². The van der Waals surface area contributed by atoms with Gasteiger partial charge in [-0.1, -0.05) is 60.7 Å². The third-order valence-electron chi connectivity index (χ3n) is 5.35. The molecule has 2 aromatic carbocycles. The smallest absolute Gasteiger partial charge is 0.326 e. The summed E-state index contributed by atoms with van der Waals surface area (Å²) in [5, 5.41) is 9.75. The van der Waals surface area contributed by atoms with Crippen LogP contribution in [0.1, 0.15) is 36.8 Å². The van der Waals surface area contributed by atoms with Gasteiger partial charge in [0.1, 0.15) is 6.04 Å². The summed E-state index contributed by atoms with van der Waals surface area (Å²) in [7, 11) is 0. The van der Waals surface area contributed by atoms with Crippen molar-refractivity contribution < 1.29 is 19.5 Å². The minimum Gasteiger partial charge on any atom is -0.480 e. The average Bonchev–Trinajstić information content (AvgIpc) is 2.73. The monoisotopic (exact) mass is 391 g/mol. The number of rotatable bonds is 7. The molecule has 0 radical (unpaired) electrons. The van der Waals surface area contributed by atoms with Crippen LogP contribution in [0.25, 0.3) is 0 Å². The number of benzene rings is 2. The van der Waals surface area contributed by atoms with Crippen molar-refractivity contribution in [1.29, 1.82) is 0 Å². The first-order chi connectivity index (χ1) is 14.0. The summed E-state index contributed by atoms with van der Waals surface area (Å²) < 4.78 is 0. The Morgan fingerprint density at radius 2 is 1.59 bits per heavy atom. The van der Waals surface area contributed by atoms with E-state index in [2.05, 4.69) is 0 Å². The summed E-state index contributed by atoms with van der Waals surface area (Å²) in [4.78, 5) is 38.9. The van der Waals surface area contributed by atoms with Crippen molar-refractivity contribution in [3.8, 4) is 0 Å². The predicted octanol–water partition coefficient (Wildman–Crippen LogP) is 3.60. The van der Waals surface area contributed by atoms with Gasteiger partial charge in [0.2, 0.25) is 0 Å². The van der Waals surface area contributed by atoms with Gasteiger partial charge in [0.15, 0.2) is 11.6 Å². The van der Waals surface area contributed by atoms with Crippen LogP contribution in [0.4, 0.5) is 0 Å². The second-order valence-electron chi connectivity index (χ2n) is 7.28. The van der Waals surface area contributed by atoms with Gasteiger partial charge in [0, 0.05) is 32.0 Å². The molecule has 29 heavy (non-hydrogen) atoms. The first kappa shape index (κ1) is 20.5. The highest BCUT2D eigenvalue weighted by molar-refractivity contribution is 6.22. The van der Waals surface area contributed by atoms with Gasteiger partial charge >= 0.3 is 5.97 Å². The lowest BCUT2D eigenvalue weighted by Crippen LogP contribution is -2.40. The number of nitrogens with zero attached hydrogens (tertiary/aromatic N) is 1. The summed E-state index contributed by atoms with van der Waals surface area (Å²) >= 11 is 0. The topological polar surface area (TPSA) is 74.7 Å². The van der Waals surface area contributed by atoms with Crippen molar-refractivity contribution in [3.63, 3.8) is 0 Å². The van der Waals surface area contributed by atoms with Crippen molar-refractivity contribution >= 4 is 17.5 Å². The molecule has 1 saturated carbocycles. The number of carboxylic acid groups (broad SMARTS) is 1. The quantitative estimate of drug-likeness (QED) is 0.577. The molecule has 1 aliphatic carbocycles. The Hall–Kier alpha value is -3.21. The van der Waals surface area contributed by atoms with Gasteiger partial charge in [-0.05, 0) is 24.0 Å². The molecule has 2 aromatic rings. The number of hydrogen-bond donors (Lipinski definition) is 1. The highest BCUT2D eigenvalue weighted by Gasteiger charge is 2.33. The van der Waals surface area contributed by atoms with Gasteiger partial charge in [0.25, 0.3) is 0 Å². The summed E-state index contributed by atoms with van der Waals surface area (Å²) in [6.07, 6.45) is 2.28. The van der Waals surface area contributed by atoms with E-state index >= 15 is 0 Å². The second kappa shape index (κ2) is 9.32. The SMILES string of the molecule is CCN(C=C1C(=O)CC(c2ccccc2)CC1=O)[C@@H](Cc1ccccc1)C(=O)O. The Bertz CT molecular complexity index is 885. The maximum atomic E-state index is 12.7. The van der Waals surface area contributed by atoms with Gasteiger partial charge in [-0.25, -0.2) is 4.79 Å². The molecule has 3 rings (SSSR count). The lowest BCUT2D eigenvalue weighted by Gasteiger charge is -2.29. The van der Waals surface area contributed by atoms with E-state index in [4.69, 9.17) is 0 Å². The summed E-state index contributed by atoms with van der Waals surface area (Å²) in [5.74, 6) is -1.55. The minimum absolute atomic E-state index is 0.110. The highest BCUT2D eigenvalue weighted by atomic mass is 16.4. The van der Waals surface area contributed by atoms with Crippen molar-refractivity contribution in [1.82, 2.24) is 4.90 Å². The van der Waals surface area contributed by atoms with E-state index in [0.29, 0.717) is 13.0 Å². The fourth-order valence-corrected chi connectivity index (χ4v) is 3.75. The normalized spacial score (nSPS) is 17.7. The van der Waals surface area contributed by atoms with Crippen LogP contribution in [0.5, 0.6) is 0 Å². The third kappa shape index (κ3) is 4.99. The Morgan fingerprint density at radius 1 is 1.03 bits per heavy atom. The molecule has 0 amide bonds. The van der Waals surface area contributed by atoms with E-state index < -0.39 is 12.0 Å². The van der Waals surface area contributed by atoms with E-state index in [9.17, 15) is 19.5 Å². The van der Waals surface area contributed by atoms with Gasteiger partial charge < -0.3 is 10.0 Å². The Morgan fingerprint density at radius 3 is 2.10 bits per heavy atom.